The van der Waals surface area contributed by atoms with Crippen molar-refractivity contribution in [3.05, 3.63) is 72.1 Å². The number of fused-ring (bicyclic) bond motifs is 1. The average molecular weight is 525 g/mol. The lowest BCUT2D eigenvalue weighted by atomic mass is 10.0. The number of alkyl halides is 6. The zero-order chi connectivity index (χ0) is 26.8. The Labute approximate surface area is 210 Å². The minimum Gasteiger partial charge on any atom is -0.406 e. The fraction of sp³-hybridized carbons (Fsp3) is 0.360. The van der Waals surface area contributed by atoms with Gasteiger partial charge < -0.3 is 19.4 Å². The van der Waals surface area contributed by atoms with Gasteiger partial charge in [0.25, 0.3) is 0 Å². The lowest BCUT2D eigenvalue weighted by Gasteiger charge is -2.45. The fourth-order valence-corrected chi connectivity index (χ4v) is 4.30. The van der Waals surface area contributed by atoms with Gasteiger partial charge in [-0.25, -0.2) is 9.97 Å². The summed E-state index contributed by atoms with van der Waals surface area (Å²) in [5.41, 5.74) is 2.44. The van der Waals surface area contributed by atoms with Gasteiger partial charge in [-0.15, -0.1) is 13.2 Å². The van der Waals surface area contributed by atoms with Gasteiger partial charge in [0, 0.05) is 51.7 Å². The van der Waals surface area contributed by atoms with Crippen molar-refractivity contribution in [1.29, 1.82) is 0 Å². The van der Waals surface area contributed by atoms with Crippen LogP contribution in [-0.4, -0.2) is 49.7 Å². The molecule has 0 bridgehead atoms. The number of benzene rings is 2. The summed E-state index contributed by atoms with van der Waals surface area (Å²) in [5, 5.41) is 0. The second kappa shape index (κ2) is 10.3. The highest BCUT2D eigenvalue weighted by atomic mass is 19.4. The van der Waals surface area contributed by atoms with Gasteiger partial charge in [-0.2, -0.15) is 13.2 Å². The molecule has 6 nitrogen and oxygen atoms in total. The van der Waals surface area contributed by atoms with Crippen LogP contribution in [0, 0.1) is 0 Å². The van der Waals surface area contributed by atoms with Crippen LogP contribution in [0.3, 0.4) is 0 Å². The zero-order valence-electron chi connectivity index (χ0n) is 20.1. The monoisotopic (exact) mass is 525 g/mol. The largest absolute Gasteiger partial charge is 0.573 e. The lowest BCUT2D eigenvalue weighted by Crippen LogP contribution is -2.44. The first-order valence-corrected chi connectivity index (χ1v) is 11.4. The molecule has 2 heterocycles. The summed E-state index contributed by atoms with van der Waals surface area (Å²) in [4.78, 5) is 14.0. The van der Waals surface area contributed by atoms with E-state index < -0.39 is 25.0 Å². The molecule has 1 aliphatic heterocycles. The molecule has 0 saturated heterocycles. The Bertz CT molecular complexity index is 1200. The molecule has 198 valence electrons. The van der Waals surface area contributed by atoms with E-state index in [0.29, 0.717) is 28.5 Å². The molecule has 2 aromatic carbocycles. The smallest absolute Gasteiger partial charge is 0.406 e. The predicted octanol–water partition coefficient (Wildman–Crippen LogP) is 5.96. The molecule has 1 atom stereocenters. The minimum atomic E-state index is -4.82. The Morgan fingerprint density at radius 1 is 0.946 bits per heavy atom. The summed E-state index contributed by atoms with van der Waals surface area (Å²) in [5.74, 6) is 0.117. The van der Waals surface area contributed by atoms with Crippen LogP contribution in [0.1, 0.15) is 23.6 Å². The van der Waals surface area contributed by atoms with E-state index in [4.69, 9.17) is 0 Å². The van der Waals surface area contributed by atoms with Crippen molar-refractivity contribution in [3.8, 4) is 5.75 Å². The standard InChI is InChI=1S/C25H25F6N5O/c1-34(2)23-32-13-18(14-33-23)22-16-35(15-17-6-5-7-19(12-17)37-25(29,30)31)20-8-3-4-9-21(20)36(22)11-10-24(26,27)28/h3-9,12-14,22H,10-11,15-16H2,1-2H3/t22-/m0/s1. The van der Waals surface area contributed by atoms with E-state index in [0.717, 1.165) is 0 Å². The SMILES string of the molecule is CN(C)c1ncc([C@@H]2CN(Cc3cccc(OC(F)(F)F)c3)c3ccccc3N2CCC(F)(F)F)cn1. The Morgan fingerprint density at radius 2 is 1.62 bits per heavy atom. The molecular weight excluding hydrogens is 500 g/mol. The molecule has 37 heavy (non-hydrogen) atoms. The molecule has 3 aromatic rings. The number of para-hydroxylation sites is 2. The van der Waals surface area contributed by atoms with Crippen molar-refractivity contribution in [2.24, 2.45) is 0 Å². The molecule has 12 heteroatoms. The third-order valence-electron chi connectivity index (χ3n) is 5.89. The molecule has 4 rings (SSSR count). The highest BCUT2D eigenvalue weighted by Gasteiger charge is 2.36. The third-order valence-corrected chi connectivity index (χ3v) is 5.89. The van der Waals surface area contributed by atoms with Crippen molar-refractivity contribution in [2.45, 2.75) is 31.5 Å². The van der Waals surface area contributed by atoms with Gasteiger partial charge in [-0.1, -0.05) is 24.3 Å². The molecule has 1 aromatic heterocycles. The molecule has 0 spiro atoms. The lowest BCUT2D eigenvalue weighted by molar-refractivity contribution is -0.274. The van der Waals surface area contributed by atoms with Crippen LogP contribution in [0.15, 0.2) is 60.9 Å². The Morgan fingerprint density at radius 3 is 2.24 bits per heavy atom. The Kier molecular flexibility index (Phi) is 7.37. The van der Waals surface area contributed by atoms with Crippen LogP contribution < -0.4 is 19.4 Å². The van der Waals surface area contributed by atoms with E-state index in [1.165, 1.54) is 18.2 Å². The molecule has 0 saturated carbocycles. The van der Waals surface area contributed by atoms with Crippen LogP contribution in [-0.2, 0) is 6.54 Å². The molecule has 0 N–H and O–H groups in total. The van der Waals surface area contributed by atoms with Crippen LogP contribution in [0.2, 0.25) is 0 Å². The normalized spacial score (nSPS) is 15.9. The van der Waals surface area contributed by atoms with E-state index in [9.17, 15) is 26.3 Å². The van der Waals surface area contributed by atoms with Crippen molar-refractivity contribution in [1.82, 2.24) is 9.97 Å². The van der Waals surface area contributed by atoms with Crippen LogP contribution in [0.5, 0.6) is 5.75 Å². The van der Waals surface area contributed by atoms with Crippen LogP contribution >= 0.6 is 0 Å². The zero-order valence-corrected chi connectivity index (χ0v) is 20.1. The number of nitrogens with zero attached hydrogens (tertiary/aromatic N) is 5. The van der Waals surface area contributed by atoms with Gasteiger partial charge >= 0.3 is 12.5 Å². The minimum absolute atomic E-state index is 0.215. The third kappa shape index (κ3) is 6.75. The number of halogens is 6. The van der Waals surface area contributed by atoms with E-state index in [-0.39, 0.29) is 25.4 Å². The van der Waals surface area contributed by atoms with Crippen molar-refractivity contribution < 1.29 is 31.1 Å². The molecule has 0 aliphatic carbocycles. The maximum atomic E-state index is 13.2. The van der Waals surface area contributed by atoms with Crippen LogP contribution in [0.4, 0.5) is 43.7 Å². The summed E-state index contributed by atoms with van der Waals surface area (Å²) >= 11 is 0. The quantitative estimate of drug-likeness (QED) is 0.355. The molecule has 0 unspecified atom stereocenters. The number of rotatable bonds is 7. The van der Waals surface area contributed by atoms with Crippen molar-refractivity contribution in [3.63, 3.8) is 0 Å². The van der Waals surface area contributed by atoms with E-state index in [1.807, 2.05) is 4.90 Å². The first kappa shape index (κ1) is 26.4. The van der Waals surface area contributed by atoms with E-state index in [1.54, 1.807) is 66.6 Å². The number of anilines is 3. The summed E-state index contributed by atoms with van der Waals surface area (Å²) in [6, 6.07) is 12.2. The summed E-state index contributed by atoms with van der Waals surface area (Å²) in [6.45, 7) is 0.208. The first-order valence-electron chi connectivity index (χ1n) is 11.4. The van der Waals surface area contributed by atoms with Gasteiger partial charge in [-0.05, 0) is 29.8 Å². The molecule has 1 aliphatic rings. The van der Waals surface area contributed by atoms with Gasteiger partial charge in [0.15, 0.2) is 0 Å². The molecular formula is C25H25F6N5O. The van der Waals surface area contributed by atoms with Gasteiger partial charge in [0.05, 0.1) is 23.8 Å². The summed E-state index contributed by atoms with van der Waals surface area (Å²) < 4.78 is 81.8. The summed E-state index contributed by atoms with van der Waals surface area (Å²) in [6.07, 6.45) is -6.99. The van der Waals surface area contributed by atoms with E-state index >= 15 is 0 Å². The Hall–Kier alpha value is -3.70. The predicted molar refractivity (Wildman–Crippen MR) is 128 cm³/mol. The number of aromatic nitrogens is 2. The van der Waals surface area contributed by atoms with Crippen molar-refractivity contribution in [2.75, 3.05) is 41.9 Å². The average Bonchev–Trinajstić information content (AvgIpc) is 2.82. The van der Waals surface area contributed by atoms with Gasteiger partial charge in [0.1, 0.15) is 5.75 Å². The molecule has 0 radical (unpaired) electrons. The molecule has 0 fully saturated rings. The maximum Gasteiger partial charge on any atom is 0.573 e. The highest BCUT2D eigenvalue weighted by Crippen LogP contribution is 2.42. The summed E-state index contributed by atoms with van der Waals surface area (Å²) in [7, 11) is 3.56. The highest BCUT2D eigenvalue weighted by molar-refractivity contribution is 5.74. The van der Waals surface area contributed by atoms with E-state index in [2.05, 4.69) is 14.7 Å². The van der Waals surface area contributed by atoms with Crippen molar-refractivity contribution >= 4 is 17.3 Å². The Balaban J connectivity index is 1.70. The number of hydrogen-bond acceptors (Lipinski definition) is 6. The second-order valence-electron chi connectivity index (χ2n) is 8.85. The number of ether oxygens (including phenoxy) is 1. The first-order chi connectivity index (χ1) is 17.4. The van der Waals surface area contributed by atoms with Gasteiger partial charge in [0.2, 0.25) is 5.95 Å². The van der Waals surface area contributed by atoms with Crippen LogP contribution in [0.25, 0.3) is 0 Å². The fourth-order valence-electron chi connectivity index (χ4n) is 4.30. The topological polar surface area (TPSA) is 44.7 Å². The number of hydrogen-bond donors (Lipinski definition) is 0. The molecule has 0 amide bonds. The van der Waals surface area contributed by atoms with Gasteiger partial charge in [-0.3, -0.25) is 0 Å². The maximum absolute atomic E-state index is 13.2. The second-order valence-corrected chi connectivity index (χ2v) is 8.85.